The van der Waals surface area contributed by atoms with Crippen LogP contribution in [0.2, 0.25) is 0 Å². The average molecular weight is 462 g/mol. The summed E-state index contributed by atoms with van der Waals surface area (Å²) >= 11 is 0. The molecule has 1 unspecified atom stereocenters. The van der Waals surface area contributed by atoms with Crippen LogP contribution in [0.5, 0.6) is 0 Å². The Bertz CT molecular complexity index is 566. The lowest BCUT2D eigenvalue weighted by Gasteiger charge is -2.32. The maximum atomic E-state index is 13.3. The first-order valence-corrected chi connectivity index (χ1v) is 8.85. The summed E-state index contributed by atoms with van der Waals surface area (Å²) in [6.07, 6.45) is 1.16. The third kappa shape index (κ3) is 5.79. The number of likely N-dealkylation sites (tertiary alicyclic amines) is 1. The van der Waals surface area contributed by atoms with E-state index in [0.29, 0.717) is 12.6 Å². The molecule has 0 amide bonds. The van der Waals surface area contributed by atoms with E-state index < -0.39 is 0 Å². The van der Waals surface area contributed by atoms with Crippen LogP contribution in [0, 0.1) is 5.82 Å². The van der Waals surface area contributed by atoms with Crippen molar-refractivity contribution in [3.05, 3.63) is 35.6 Å². The normalized spacial score (nSPS) is 21.9. The number of hydrogen-bond donors (Lipinski definition) is 1. The Kier molecular flexibility index (Phi) is 8.38. The fourth-order valence-electron chi connectivity index (χ4n) is 3.40. The molecule has 25 heavy (non-hydrogen) atoms. The van der Waals surface area contributed by atoms with Gasteiger partial charge in [-0.25, -0.2) is 9.38 Å². The minimum absolute atomic E-state index is 0. The molecule has 5 nitrogen and oxygen atoms in total. The van der Waals surface area contributed by atoms with E-state index in [9.17, 15) is 4.39 Å². The molecule has 0 bridgehead atoms. The number of benzene rings is 1. The fraction of sp³-hybridized carbons (Fsp3) is 0.611. The molecular formula is C18H28FIN4O. The van der Waals surface area contributed by atoms with E-state index in [1.807, 2.05) is 6.07 Å². The van der Waals surface area contributed by atoms with Gasteiger partial charge in [-0.3, -0.25) is 4.90 Å². The minimum Gasteiger partial charge on any atom is -0.379 e. The second kappa shape index (κ2) is 10.3. The van der Waals surface area contributed by atoms with Crippen LogP contribution in [-0.4, -0.2) is 67.7 Å². The van der Waals surface area contributed by atoms with Gasteiger partial charge >= 0.3 is 0 Å². The van der Waals surface area contributed by atoms with Gasteiger partial charge in [0.05, 0.1) is 19.8 Å². The van der Waals surface area contributed by atoms with Crippen LogP contribution in [0.15, 0.2) is 29.3 Å². The van der Waals surface area contributed by atoms with Crippen molar-refractivity contribution in [1.82, 2.24) is 15.1 Å². The first-order chi connectivity index (χ1) is 11.8. The second-order valence-corrected chi connectivity index (χ2v) is 6.34. The minimum atomic E-state index is -0.207. The summed E-state index contributed by atoms with van der Waals surface area (Å²) in [5.41, 5.74) is 0.898. The summed E-state index contributed by atoms with van der Waals surface area (Å²) in [4.78, 5) is 9.56. The van der Waals surface area contributed by atoms with Crippen molar-refractivity contribution >= 4 is 29.9 Å². The molecule has 2 aliphatic rings. The summed E-state index contributed by atoms with van der Waals surface area (Å²) < 4.78 is 18.8. The number of ether oxygens (including phenoxy) is 1. The molecule has 0 spiro atoms. The van der Waals surface area contributed by atoms with Gasteiger partial charge in [0.15, 0.2) is 5.96 Å². The van der Waals surface area contributed by atoms with Crippen LogP contribution in [0.25, 0.3) is 0 Å². The summed E-state index contributed by atoms with van der Waals surface area (Å²) in [6, 6.07) is 7.24. The van der Waals surface area contributed by atoms with Gasteiger partial charge in [-0.15, -0.1) is 24.0 Å². The Labute approximate surface area is 166 Å². The van der Waals surface area contributed by atoms with Gasteiger partial charge in [-0.05, 0) is 31.0 Å². The molecule has 0 aromatic heterocycles. The number of halogens is 2. The Balaban J connectivity index is 0.00000225. The second-order valence-electron chi connectivity index (χ2n) is 6.34. The van der Waals surface area contributed by atoms with Gasteiger partial charge in [0.25, 0.3) is 0 Å². The van der Waals surface area contributed by atoms with Crippen LogP contribution in [0.4, 0.5) is 4.39 Å². The monoisotopic (exact) mass is 462 g/mol. The highest BCUT2D eigenvalue weighted by Gasteiger charge is 2.30. The summed E-state index contributed by atoms with van der Waals surface area (Å²) in [5.74, 6) is 0.721. The number of rotatable bonds is 4. The molecule has 0 saturated carbocycles. The van der Waals surface area contributed by atoms with Gasteiger partial charge in [0, 0.05) is 38.8 Å². The lowest BCUT2D eigenvalue weighted by atomic mass is 10.2. The zero-order valence-corrected chi connectivity index (χ0v) is 17.1. The highest BCUT2D eigenvalue weighted by molar-refractivity contribution is 14.0. The molecule has 2 fully saturated rings. The van der Waals surface area contributed by atoms with E-state index in [4.69, 9.17) is 9.73 Å². The van der Waals surface area contributed by atoms with E-state index in [-0.39, 0.29) is 29.8 Å². The van der Waals surface area contributed by atoms with Gasteiger partial charge in [0.1, 0.15) is 5.82 Å². The molecule has 1 N–H and O–H groups in total. The van der Waals surface area contributed by atoms with Gasteiger partial charge in [-0.2, -0.15) is 0 Å². The van der Waals surface area contributed by atoms with Crippen molar-refractivity contribution in [2.45, 2.75) is 25.9 Å². The van der Waals surface area contributed by atoms with E-state index in [1.165, 1.54) is 6.07 Å². The average Bonchev–Trinajstić information content (AvgIpc) is 3.09. The summed E-state index contributed by atoms with van der Waals surface area (Å²) in [7, 11) is 0. The third-order valence-corrected chi connectivity index (χ3v) is 4.66. The fourth-order valence-corrected chi connectivity index (χ4v) is 3.40. The van der Waals surface area contributed by atoms with E-state index in [2.05, 4.69) is 22.0 Å². The largest absolute Gasteiger partial charge is 0.379 e. The molecule has 1 aromatic rings. The maximum absolute atomic E-state index is 13.3. The first kappa shape index (κ1) is 20.4. The van der Waals surface area contributed by atoms with Crippen molar-refractivity contribution in [2.75, 3.05) is 45.9 Å². The molecule has 3 rings (SSSR count). The smallest absolute Gasteiger partial charge is 0.194 e. The Morgan fingerprint density at radius 1 is 1.32 bits per heavy atom. The van der Waals surface area contributed by atoms with Crippen molar-refractivity contribution in [3.63, 3.8) is 0 Å². The van der Waals surface area contributed by atoms with Gasteiger partial charge < -0.3 is 15.0 Å². The van der Waals surface area contributed by atoms with Crippen LogP contribution < -0.4 is 5.32 Å². The zero-order valence-electron chi connectivity index (χ0n) is 14.8. The number of morpholine rings is 1. The van der Waals surface area contributed by atoms with Crippen molar-refractivity contribution in [2.24, 2.45) is 4.99 Å². The van der Waals surface area contributed by atoms with Crippen LogP contribution in [0.1, 0.15) is 18.9 Å². The molecule has 0 aliphatic carbocycles. The lowest BCUT2D eigenvalue weighted by Crippen LogP contribution is -2.46. The molecule has 140 valence electrons. The number of nitrogens with one attached hydrogen (secondary N) is 1. The highest BCUT2D eigenvalue weighted by atomic mass is 127. The molecular weight excluding hydrogens is 434 g/mol. The Morgan fingerprint density at radius 2 is 2.12 bits per heavy atom. The topological polar surface area (TPSA) is 40.1 Å². The maximum Gasteiger partial charge on any atom is 0.194 e. The standard InChI is InChI=1S/C18H27FN4O.HI/c1-2-20-18(21-13-15-4-3-5-16(19)12-15)23-7-6-17(14-23)22-8-10-24-11-9-22;/h3-5,12,17H,2,6-11,13-14H2,1H3,(H,20,21);1H. The van der Waals surface area contributed by atoms with E-state index in [1.54, 1.807) is 12.1 Å². The van der Waals surface area contributed by atoms with Crippen LogP contribution in [-0.2, 0) is 11.3 Å². The Morgan fingerprint density at radius 3 is 2.84 bits per heavy atom. The molecule has 2 aliphatic heterocycles. The summed E-state index contributed by atoms with van der Waals surface area (Å²) in [5, 5.41) is 3.37. The molecule has 2 heterocycles. The third-order valence-electron chi connectivity index (χ3n) is 4.66. The molecule has 0 radical (unpaired) electrons. The predicted octanol–water partition coefficient (Wildman–Crippen LogP) is 2.32. The van der Waals surface area contributed by atoms with Crippen molar-refractivity contribution < 1.29 is 9.13 Å². The number of aliphatic imine (C=N–C) groups is 1. The first-order valence-electron chi connectivity index (χ1n) is 8.85. The number of guanidine groups is 1. The zero-order chi connectivity index (χ0) is 16.8. The number of nitrogens with zero attached hydrogens (tertiary/aromatic N) is 3. The molecule has 1 aromatic carbocycles. The van der Waals surface area contributed by atoms with Crippen molar-refractivity contribution in [3.8, 4) is 0 Å². The van der Waals surface area contributed by atoms with Crippen LogP contribution in [0.3, 0.4) is 0 Å². The molecule has 7 heteroatoms. The Hall–Kier alpha value is -0.930. The predicted molar refractivity (Wildman–Crippen MR) is 109 cm³/mol. The quantitative estimate of drug-likeness (QED) is 0.424. The molecule has 1 atom stereocenters. The van der Waals surface area contributed by atoms with E-state index >= 15 is 0 Å². The van der Waals surface area contributed by atoms with Gasteiger partial charge in [-0.1, -0.05) is 12.1 Å². The van der Waals surface area contributed by atoms with Crippen molar-refractivity contribution in [1.29, 1.82) is 0 Å². The van der Waals surface area contributed by atoms with Gasteiger partial charge in [0.2, 0.25) is 0 Å². The summed E-state index contributed by atoms with van der Waals surface area (Å²) in [6.45, 7) is 9.14. The highest BCUT2D eigenvalue weighted by Crippen LogP contribution is 2.17. The van der Waals surface area contributed by atoms with Crippen LogP contribution >= 0.6 is 24.0 Å². The lowest BCUT2D eigenvalue weighted by molar-refractivity contribution is 0.0195. The SMILES string of the molecule is CCNC(=NCc1cccc(F)c1)N1CCC(N2CCOCC2)C1.I. The molecule has 2 saturated heterocycles. The van der Waals surface area contributed by atoms with E-state index in [0.717, 1.165) is 63.9 Å². The number of hydrogen-bond acceptors (Lipinski definition) is 3.